The topological polar surface area (TPSA) is 585 Å². The summed E-state index contributed by atoms with van der Waals surface area (Å²) in [5.74, 6) is 3.72. The highest BCUT2D eigenvalue weighted by Crippen LogP contribution is 2.07. The molecule has 0 bridgehead atoms. The van der Waals surface area contributed by atoms with E-state index in [4.69, 9.17) is 57.8 Å². The Balaban J connectivity index is -0.0000000157. The molecule has 26 heteroatoms. The molecular weight excluding hydrogens is 1220 g/mol. The predicted molar refractivity (Wildman–Crippen MR) is 429 cm³/mol. The van der Waals surface area contributed by atoms with Crippen LogP contribution in [0.3, 0.4) is 0 Å². The summed E-state index contributed by atoms with van der Waals surface area (Å²) < 4.78 is 0. The molecule has 596 valence electrons. The largest absolute Gasteiger partial charge is 0.394 e. The molecule has 2 aromatic rings. The number of aryl methyl sites for hydroxylation is 2. The van der Waals surface area contributed by atoms with Crippen molar-refractivity contribution in [3.05, 3.63) is 71.8 Å². The SMILES string of the molecule is C=O.C=O.C=O.C=O.C=O.C=O.C=O.C=O.C=O.C=O.C=O.CC.CC.CC.CC(=O)N1CCCCC1.CC(C)C.CC(C)O.CCC(C)C.CCC(C)C.CCC(C)C.CCc1ccccc1.CCc1ccccc1.CN.CN.CN.CN.CN.CN.CN.N.N.N.N.N. The molecule has 0 spiro atoms. The van der Waals surface area contributed by atoms with Gasteiger partial charge in [-0.25, -0.2) is 0 Å². The summed E-state index contributed by atoms with van der Waals surface area (Å²) >= 11 is 0. The minimum atomic E-state index is -0.167. The first-order valence-corrected chi connectivity index (χ1v) is 29.7. The lowest BCUT2D eigenvalue weighted by Crippen LogP contribution is -2.33. The zero-order chi connectivity index (χ0) is 80.3. The number of carbonyl (C=O) groups is 12. The van der Waals surface area contributed by atoms with Crippen molar-refractivity contribution in [2.45, 2.75) is 217 Å². The first-order chi connectivity index (χ1) is 43.4. The van der Waals surface area contributed by atoms with Gasteiger partial charge in [-0.15, -0.1) is 0 Å². The number of amides is 1. The van der Waals surface area contributed by atoms with Crippen molar-refractivity contribution in [3.63, 3.8) is 0 Å². The van der Waals surface area contributed by atoms with Crippen molar-refractivity contribution in [1.29, 1.82) is 0 Å². The number of nitrogens with zero attached hydrogens (tertiary/aromatic N) is 1. The first-order valence-electron chi connectivity index (χ1n) is 29.7. The van der Waals surface area contributed by atoms with E-state index in [1.54, 1.807) is 20.8 Å². The van der Waals surface area contributed by atoms with Gasteiger partial charge in [0.15, 0.2) is 0 Å². The van der Waals surface area contributed by atoms with Crippen LogP contribution in [0, 0.1) is 23.7 Å². The lowest BCUT2D eigenvalue weighted by Gasteiger charge is -2.24. The number of aliphatic hydroxyl groups is 1. The number of piperidine rings is 1. The van der Waals surface area contributed by atoms with Crippen LogP contribution in [0.1, 0.15) is 209 Å². The van der Waals surface area contributed by atoms with Crippen molar-refractivity contribution in [2.24, 2.45) is 63.8 Å². The number of hydrogen-bond donors (Lipinski definition) is 13. The Bertz CT molecular complexity index is 972. The molecule has 1 aliphatic rings. The van der Waals surface area contributed by atoms with Gasteiger partial charge in [0.2, 0.25) is 5.91 Å². The Morgan fingerprint density at radius 3 is 0.526 bits per heavy atom. The van der Waals surface area contributed by atoms with Gasteiger partial charge in [0.05, 0.1) is 0 Å². The van der Waals surface area contributed by atoms with Gasteiger partial charge in [-0.1, -0.05) is 218 Å². The van der Waals surface area contributed by atoms with E-state index in [-0.39, 0.29) is 42.8 Å². The molecule has 0 atom stereocenters. The van der Waals surface area contributed by atoms with Crippen LogP contribution in [0.25, 0.3) is 0 Å². The minimum absolute atomic E-state index is 0. The van der Waals surface area contributed by atoms with Crippen LogP contribution in [0.5, 0.6) is 0 Å². The third kappa shape index (κ3) is 640. The molecule has 0 saturated carbocycles. The molecule has 0 unspecified atom stereocenters. The molecule has 1 fully saturated rings. The summed E-state index contributed by atoms with van der Waals surface area (Å²) in [6.07, 6.45) is 9.71. The molecule has 26 nitrogen and oxygen atoms in total. The standard InChI is InChI=1S/2C8H10.C7H13NO.3C5H12.C4H10.C3H8O.3C2H6.7CH5N.11CH2O.5H3N/c2*1-2-8-6-4-3-5-7-8;1-7(9)8-5-3-2-4-6-8;3*1-4-5(2)3;1-4(2)3;1-3(2)4;21*1-2;;;;;/h2*3-7H,2H2,1H3;2-6H2,1H3;3*5H,4H2,1-3H3;4H,1-3H3;3-4H,1-2H3;3*1-2H3;7*2H2,1H3;11*1H2;5*1H3. The molecule has 95 heavy (non-hydrogen) atoms. The van der Waals surface area contributed by atoms with E-state index >= 15 is 0 Å². The summed E-state index contributed by atoms with van der Waals surface area (Å²) in [5.41, 5.74) is 34.3. The molecule has 2 aromatic carbocycles. The second kappa shape index (κ2) is 398. The number of hydrogen-bond acceptors (Lipinski definition) is 25. The third-order valence-electron chi connectivity index (χ3n) is 6.75. The highest BCUT2D eigenvalue weighted by Gasteiger charge is 2.11. The number of carbonyl (C=O) groups excluding carboxylic acids is 12. The average molecular weight is 1400 g/mol. The third-order valence-corrected chi connectivity index (χ3v) is 6.75. The van der Waals surface area contributed by atoms with Gasteiger partial charge in [0.25, 0.3) is 0 Å². The molecule has 1 heterocycles. The number of nitrogens with two attached hydrogens (primary N) is 7. The van der Waals surface area contributed by atoms with Crippen LogP contribution in [-0.2, 0) is 70.4 Å². The highest BCUT2D eigenvalue weighted by atomic mass is 16.3. The first kappa shape index (κ1) is 205. The van der Waals surface area contributed by atoms with Crippen molar-refractivity contribution < 1.29 is 62.6 Å². The summed E-state index contributed by atoms with van der Waals surface area (Å²) in [6, 6.07) is 20.9. The second-order valence-electron chi connectivity index (χ2n) is 14.5. The number of aliphatic hydroxyl groups excluding tert-OH is 1. The van der Waals surface area contributed by atoms with Gasteiger partial charge in [-0.2, -0.15) is 0 Å². The Morgan fingerprint density at radius 2 is 0.463 bits per heavy atom. The van der Waals surface area contributed by atoms with E-state index in [9.17, 15) is 4.79 Å². The molecule has 1 amide bonds. The summed E-state index contributed by atoms with van der Waals surface area (Å²) in [7, 11) is 10.5. The van der Waals surface area contributed by atoms with E-state index in [0.29, 0.717) is 0 Å². The molecule has 1 aliphatic heterocycles. The molecule has 0 aliphatic carbocycles. The van der Waals surface area contributed by atoms with Crippen molar-refractivity contribution >= 4 is 80.6 Å². The lowest BCUT2D eigenvalue weighted by molar-refractivity contribution is -0.129. The molecule has 3 rings (SSSR count). The van der Waals surface area contributed by atoms with E-state index in [2.05, 4.69) is 186 Å². The number of benzene rings is 2. The minimum Gasteiger partial charge on any atom is -0.394 e. The normalized spacial score (nSPS) is 6.79. The Labute approximate surface area is 591 Å². The molecule has 0 aromatic heterocycles. The maximum Gasteiger partial charge on any atom is 0.219 e. The Kier molecular flexibility index (Phi) is 858. The van der Waals surface area contributed by atoms with E-state index in [1.807, 2.05) is 133 Å². The van der Waals surface area contributed by atoms with E-state index in [1.165, 1.54) is 99.0 Å². The van der Waals surface area contributed by atoms with Crippen LogP contribution in [-0.4, -0.2) is 159 Å². The monoisotopic (exact) mass is 1400 g/mol. The molecule has 1 saturated heterocycles. The van der Waals surface area contributed by atoms with Gasteiger partial charge in [0, 0.05) is 26.1 Å². The Hall–Kier alpha value is -6.24. The summed E-state index contributed by atoms with van der Waals surface area (Å²) in [4.78, 5) is 101. The van der Waals surface area contributed by atoms with E-state index < -0.39 is 0 Å². The smallest absolute Gasteiger partial charge is 0.219 e. The zero-order valence-corrected chi connectivity index (χ0v) is 68.4. The number of likely N-dealkylation sites (tertiary alicyclic amines) is 1. The quantitative estimate of drug-likeness (QED) is 0.132. The van der Waals surface area contributed by atoms with Gasteiger partial charge in [-0.05, 0) is 130 Å². The van der Waals surface area contributed by atoms with Crippen molar-refractivity contribution in [2.75, 3.05) is 62.4 Å². The van der Waals surface area contributed by atoms with Crippen LogP contribution >= 0.6 is 0 Å². The lowest BCUT2D eigenvalue weighted by atomic mass is 10.1. The summed E-state index contributed by atoms with van der Waals surface area (Å²) in [5, 5.41) is 8.06. The van der Waals surface area contributed by atoms with Crippen LogP contribution < -0.4 is 70.9 Å². The molecular formula is C69H177N13O13. The highest BCUT2D eigenvalue weighted by molar-refractivity contribution is 5.73. The van der Waals surface area contributed by atoms with Gasteiger partial charge >= 0.3 is 0 Å². The summed E-state index contributed by atoms with van der Waals surface area (Å²) in [6.45, 7) is 71.8. The average Bonchev–Trinajstić information content (AvgIpc) is 3.66. The second-order valence-corrected chi connectivity index (χ2v) is 14.5. The maximum absolute atomic E-state index is 10.7. The van der Waals surface area contributed by atoms with Gasteiger partial charge in [0.1, 0.15) is 74.7 Å². The van der Waals surface area contributed by atoms with Crippen LogP contribution in [0.15, 0.2) is 60.7 Å². The zero-order valence-electron chi connectivity index (χ0n) is 68.4. The fourth-order valence-corrected chi connectivity index (χ4v) is 2.64. The fourth-order valence-electron chi connectivity index (χ4n) is 2.64. The molecule has 30 N–H and O–H groups in total. The van der Waals surface area contributed by atoms with E-state index in [0.717, 1.165) is 49.6 Å². The van der Waals surface area contributed by atoms with Gasteiger partial charge < -0.3 is 134 Å². The van der Waals surface area contributed by atoms with Crippen molar-refractivity contribution in [1.82, 2.24) is 35.7 Å². The van der Waals surface area contributed by atoms with Crippen LogP contribution in [0.4, 0.5) is 0 Å². The fraction of sp³-hybridized carbons (Fsp3) is 0.652. The van der Waals surface area contributed by atoms with Crippen molar-refractivity contribution in [3.8, 4) is 0 Å². The Morgan fingerprint density at radius 1 is 0.347 bits per heavy atom. The molecule has 0 radical (unpaired) electrons. The maximum atomic E-state index is 10.7. The van der Waals surface area contributed by atoms with Crippen LogP contribution in [0.2, 0.25) is 0 Å². The number of rotatable bonds is 5. The van der Waals surface area contributed by atoms with Gasteiger partial charge in [-0.3, -0.25) is 4.79 Å². The predicted octanol–water partition coefficient (Wildman–Crippen LogP) is 12.6.